The van der Waals surface area contributed by atoms with Crippen LogP contribution in [0.25, 0.3) is 0 Å². The number of rotatable bonds is 8. The van der Waals surface area contributed by atoms with Gasteiger partial charge in [-0.2, -0.15) is 0 Å². The zero-order valence-corrected chi connectivity index (χ0v) is 12.1. The van der Waals surface area contributed by atoms with Crippen LogP contribution in [0.4, 0.5) is 5.82 Å². The highest BCUT2D eigenvalue weighted by Crippen LogP contribution is 2.09. The van der Waals surface area contributed by atoms with Gasteiger partial charge in [-0.1, -0.05) is 13.8 Å². The molecule has 1 aromatic heterocycles. The molecular weight excluding hydrogens is 240 g/mol. The molecule has 0 saturated carbocycles. The van der Waals surface area contributed by atoms with Crippen LogP contribution in [0.1, 0.15) is 25.8 Å². The second kappa shape index (κ2) is 8.48. The number of nitrogens with zero attached hydrogens (tertiary/aromatic N) is 2. The maximum absolute atomic E-state index is 11.4. The van der Waals surface area contributed by atoms with Crippen LogP contribution in [0, 0.1) is 0 Å². The number of anilines is 1. The minimum Gasteiger partial charge on any atom is -0.370 e. The average Bonchev–Trinajstić information content (AvgIpc) is 2.44. The summed E-state index contributed by atoms with van der Waals surface area (Å²) in [4.78, 5) is 17.8. The van der Waals surface area contributed by atoms with E-state index < -0.39 is 0 Å². The van der Waals surface area contributed by atoms with Crippen LogP contribution >= 0.6 is 0 Å². The molecule has 0 aliphatic carbocycles. The molecule has 0 aliphatic heterocycles. The van der Waals surface area contributed by atoms with Crippen LogP contribution in [0.15, 0.2) is 18.3 Å². The summed E-state index contributed by atoms with van der Waals surface area (Å²) in [6.07, 6.45) is 2.88. The van der Waals surface area contributed by atoms with E-state index in [0.717, 1.165) is 31.9 Å². The van der Waals surface area contributed by atoms with Gasteiger partial charge in [-0.3, -0.25) is 9.69 Å². The quantitative estimate of drug-likeness (QED) is 0.746. The predicted molar refractivity (Wildman–Crippen MR) is 78.0 cm³/mol. The first-order valence-corrected chi connectivity index (χ1v) is 6.81. The summed E-state index contributed by atoms with van der Waals surface area (Å²) >= 11 is 0. The summed E-state index contributed by atoms with van der Waals surface area (Å²) in [6, 6.07) is 4.03. The number of carbonyl (C=O) groups excluding carboxylic acids is 1. The molecule has 19 heavy (non-hydrogen) atoms. The third kappa shape index (κ3) is 5.70. The Hall–Kier alpha value is -1.62. The number of aromatic nitrogens is 1. The molecule has 5 heteroatoms. The van der Waals surface area contributed by atoms with Crippen LogP contribution in [0.5, 0.6) is 0 Å². The van der Waals surface area contributed by atoms with Crippen molar-refractivity contribution in [1.29, 1.82) is 0 Å². The van der Waals surface area contributed by atoms with E-state index in [-0.39, 0.29) is 5.91 Å². The van der Waals surface area contributed by atoms with Crippen molar-refractivity contribution in [2.24, 2.45) is 0 Å². The maximum atomic E-state index is 11.4. The van der Waals surface area contributed by atoms with Crippen molar-refractivity contribution >= 4 is 11.7 Å². The Labute approximate surface area is 115 Å². The number of hydrogen-bond donors (Lipinski definition) is 2. The van der Waals surface area contributed by atoms with Gasteiger partial charge in [0.25, 0.3) is 0 Å². The van der Waals surface area contributed by atoms with E-state index in [9.17, 15) is 4.79 Å². The second-order valence-corrected chi connectivity index (χ2v) is 4.45. The van der Waals surface area contributed by atoms with E-state index in [1.807, 2.05) is 12.1 Å². The molecule has 1 rings (SSSR count). The molecule has 0 atom stereocenters. The molecule has 106 valence electrons. The minimum atomic E-state index is 0.0419. The van der Waals surface area contributed by atoms with Crippen molar-refractivity contribution in [1.82, 2.24) is 15.2 Å². The normalized spacial score (nSPS) is 10.5. The maximum Gasteiger partial charge on any atom is 0.233 e. The zero-order chi connectivity index (χ0) is 14.1. The lowest BCUT2D eigenvalue weighted by Crippen LogP contribution is -2.35. The first-order valence-electron chi connectivity index (χ1n) is 6.81. The highest BCUT2D eigenvalue weighted by molar-refractivity contribution is 5.77. The van der Waals surface area contributed by atoms with Crippen LogP contribution in [-0.4, -0.2) is 42.5 Å². The molecule has 0 spiro atoms. The van der Waals surface area contributed by atoms with Crippen molar-refractivity contribution < 1.29 is 4.79 Å². The Morgan fingerprint density at radius 1 is 1.42 bits per heavy atom. The van der Waals surface area contributed by atoms with Crippen LogP contribution in [0.3, 0.4) is 0 Å². The van der Waals surface area contributed by atoms with Gasteiger partial charge in [-0.05, 0) is 30.7 Å². The Balaban J connectivity index is 2.60. The van der Waals surface area contributed by atoms with Crippen LogP contribution < -0.4 is 10.6 Å². The zero-order valence-electron chi connectivity index (χ0n) is 12.1. The molecule has 1 amide bonds. The fraction of sp³-hybridized carbons (Fsp3) is 0.571. The Morgan fingerprint density at radius 3 is 2.84 bits per heavy atom. The van der Waals surface area contributed by atoms with Gasteiger partial charge in [-0.15, -0.1) is 0 Å². The number of hydrogen-bond acceptors (Lipinski definition) is 4. The fourth-order valence-electron chi connectivity index (χ4n) is 1.74. The molecule has 5 nitrogen and oxygen atoms in total. The summed E-state index contributed by atoms with van der Waals surface area (Å²) < 4.78 is 0. The largest absolute Gasteiger partial charge is 0.370 e. The monoisotopic (exact) mass is 264 g/mol. The molecule has 0 aromatic carbocycles. The van der Waals surface area contributed by atoms with Crippen molar-refractivity contribution in [3.8, 4) is 0 Å². The number of carbonyl (C=O) groups is 1. The van der Waals surface area contributed by atoms with Crippen molar-refractivity contribution in [3.05, 3.63) is 23.9 Å². The van der Waals surface area contributed by atoms with Crippen LogP contribution in [0.2, 0.25) is 0 Å². The minimum absolute atomic E-state index is 0.0419. The van der Waals surface area contributed by atoms with Gasteiger partial charge in [0.05, 0.1) is 6.54 Å². The second-order valence-electron chi connectivity index (χ2n) is 4.45. The number of pyridine rings is 1. The van der Waals surface area contributed by atoms with Crippen molar-refractivity contribution in [2.75, 3.05) is 32.0 Å². The molecule has 1 heterocycles. The third-order valence-electron chi connectivity index (χ3n) is 2.88. The third-order valence-corrected chi connectivity index (χ3v) is 2.88. The summed E-state index contributed by atoms with van der Waals surface area (Å²) in [7, 11) is 1.66. The highest BCUT2D eigenvalue weighted by Gasteiger charge is 2.08. The predicted octanol–water partition coefficient (Wildman–Crippen LogP) is 1.47. The van der Waals surface area contributed by atoms with Crippen molar-refractivity contribution in [3.63, 3.8) is 0 Å². The molecule has 0 fully saturated rings. The first-order chi connectivity index (χ1) is 9.19. The smallest absolute Gasteiger partial charge is 0.233 e. The van der Waals surface area contributed by atoms with Gasteiger partial charge in [0.15, 0.2) is 0 Å². The van der Waals surface area contributed by atoms with Gasteiger partial charge in [0.1, 0.15) is 5.82 Å². The lowest BCUT2D eigenvalue weighted by molar-refractivity contribution is -0.121. The number of nitrogens with one attached hydrogen (secondary N) is 2. The van der Waals surface area contributed by atoms with E-state index in [1.54, 1.807) is 13.2 Å². The molecule has 2 N–H and O–H groups in total. The average molecular weight is 264 g/mol. The summed E-state index contributed by atoms with van der Waals surface area (Å²) in [5.74, 6) is 0.940. The molecule has 0 radical (unpaired) electrons. The topological polar surface area (TPSA) is 57.3 Å². The standard InChI is InChI=1S/C14H24N4O/c1-4-7-16-13-9-12(6-8-17-13)10-18(5-2)11-14(19)15-3/h6,8-9H,4-5,7,10-11H2,1-3H3,(H,15,19)(H,16,17). The molecule has 0 unspecified atom stereocenters. The lowest BCUT2D eigenvalue weighted by atomic mass is 10.2. The van der Waals surface area contributed by atoms with Gasteiger partial charge in [-0.25, -0.2) is 4.98 Å². The van der Waals surface area contributed by atoms with Gasteiger partial charge in [0, 0.05) is 26.3 Å². The first kappa shape index (κ1) is 15.4. The van der Waals surface area contributed by atoms with E-state index >= 15 is 0 Å². The fourth-order valence-corrected chi connectivity index (χ4v) is 1.74. The Bertz CT molecular complexity index is 395. The Morgan fingerprint density at radius 2 is 2.21 bits per heavy atom. The van der Waals surface area contributed by atoms with E-state index in [1.165, 1.54) is 5.56 Å². The number of likely N-dealkylation sites (N-methyl/N-ethyl adjacent to an activating group) is 2. The molecule has 0 bridgehead atoms. The van der Waals surface area contributed by atoms with Gasteiger partial charge < -0.3 is 10.6 Å². The van der Waals surface area contributed by atoms with Crippen molar-refractivity contribution in [2.45, 2.75) is 26.8 Å². The molecule has 1 aromatic rings. The highest BCUT2D eigenvalue weighted by atomic mass is 16.1. The van der Waals surface area contributed by atoms with E-state index in [0.29, 0.717) is 6.54 Å². The summed E-state index contributed by atoms with van der Waals surface area (Å²) in [5.41, 5.74) is 1.17. The lowest BCUT2D eigenvalue weighted by Gasteiger charge is -2.19. The molecule has 0 saturated heterocycles. The van der Waals surface area contributed by atoms with Crippen LogP contribution in [-0.2, 0) is 11.3 Å². The molecule has 0 aliphatic rings. The Kier molecular flexibility index (Phi) is 6.89. The molecular formula is C14H24N4O. The van der Waals surface area contributed by atoms with Gasteiger partial charge >= 0.3 is 0 Å². The summed E-state index contributed by atoms with van der Waals surface area (Å²) in [6.45, 7) is 7.12. The van der Waals surface area contributed by atoms with E-state index in [4.69, 9.17) is 0 Å². The summed E-state index contributed by atoms with van der Waals surface area (Å²) in [5, 5.41) is 5.92. The van der Waals surface area contributed by atoms with E-state index in [2.05, 4.69) is 34.4 Å². The SMILES string of the molecule is CCCNc1cc(CN(CC)CC(=O)NC)ccn1. The number of amides is 1. The van der Waals surface area contributed by atoms with Gasteiger partial charge in [0.2, 0.25) is 5.91 Å².